The Balaban J connectivity index is 1.45. The van der Waals surface area contributed by atoms with Crippen LogP contribution in [0.2, 0.25) is 0 Å². The van der Waals surface area contributed by atoms with Gasteiger partial charge in [0.15, 0.2) is 6.04 Å². The van der Waals surface area contributed by atoms with Crippen LogP contribution >= 0.6 is 15.9 Å². The summed E-state index contributed by atoms with van der Waals surface area (Å²) in [6.07, 6.45) is 3.73. The molecule has 2 aromatic rings. The van der Waals surface area contributed by atoms with E-state index in [9.17, 15) is 9.59 Å². The number of imide groups is 1. The molecular formula is C18H19BrN5O2+. The van der Waals surface area contributed by atoms with E-state index >= 15 is 0 Å². The SMILES string of the molecule is O=C1C[C@H]([NH+]2CCN(c3ncccn3)CC2)C(=O)N1c1cccc(Br)c1. The lowest BCUT2D eigenvalue weighted by atomic mass is 10.2. The molecule has 26 heavy (non-hydrogen) atoms. The second kappa shape index (κ2) is 7.13. The van der Waals surface area contributed by atoms with Gasteiger partial charge in [-0.1, -0.05) is 22.0 Å². The molecule has 1 aromatic heterocycles. The van der Waals surface area contributed by atoms with Gasteiger partial charge in [-0.3, -0.25) is 9.59 Å². The number of anilines is 2. The van der Waals surface area contributed by atoms with Crippen molar-refractivity contribution in [3.05, 3.63) is 47.2 Å². The van der Waals surface area contributed by atoms with Gasteiger partial charge >= 0.3 is 0 Å². The molecule has 2 amide bonds. The number of nitrogens with one attached hydrogen (secondary N) is 1. The van der Waals surface area contributed by atoms with Crippen molar-refractivity contribution in [2.24, 2.45) is 0 Å². The lowest BCUT2D eigenvalue weighted by Crippen LogP contribution is -3.19. The minimum absolute atomic E-state index is 0.104. The van der Waals surface area contributed by atoms with Gasteiger partial charge in [0, 0.05) is 16.9 Å². The van der Waals surface area contributed by atoms with Gasteiger partial charge in [-0.15, -0.1) is 0 Å². The van der Waals surface area contributed by atoms with E-state index in [4.69, 9.17) is 0 Å². The summed E-state index contributed by atoms with van der Waals surface area (Å²) < 4.78 is 0.850. The van der Waals surface area contributed by atoms with Gasteiger partial charge in [0.1, 0.15) is 0 Å². The van der Waals surface area contributed by atoms with Crippen LogP contribution in [0.25, 0.3) is 0 Å². The van der Waals surface area contributed by atoms with Gasteiger partial charge in [0.05, 0.1) is 38.3 Å². The quantitative estimate of drug-likeness (QED) is 0.727. The minimum atomic E-state index is -0.305. The monoisotopic (exact) mass is 416 g/mol. The number of benzene rings is 1. The van der Waals surface area contributed by atoms with Crippen LogP contribution < -0.4 is 14.7 Å². The van der Waals surface area contributed by atoms with Crippen molar-refractivity contribution in [1.29, 1.82) is 0 Å². The van der Waals surface area contributed by atoms with E-state index in [0.717, 1.165) is 41.5 Å². The van der Waals surface area contributed by atoms with Crippen molar-refractivity contribution in [2.75, 3.05) is 36.0 Å². The normalized spacial score (nSPS) is 21.5. The zero-order valence-electron chi connectivity index (χ0n) is 14.1. The average Bonchev–Trinajstić information content (AvgIpc) is 2.97. The molecule has 4 rings (SSSR count). The zero-order chi connectivity index (χ0) is 18.1. The predicted octanol–water partition coefficient (Wildman–Crippen LogP) is 0.276. The number of hydrogen-bond donors (Lipinski definition) is 1. The molecule has 134 valence electrons. The fourth-order valence-electron chi connectivity index (χ4n) is 3.63. The molecule has 0 bridgehead atoms. The van der Waals surface area contributed by atoms with Gasteiger partial charge < -0.3 is 9.80 Å². The van der Waals surface area contributed by atoms with Crippen LogP contribution in [0.4, 0.5) is 11.6 Å². The fraction of sp³-hybridized carbons (Fsp3) is 0.333. The van der Waals surface area contributed by atoms with Gasteiger partial charge in [-0.25, -0.2) is 14.9 Å². The van der Waals surface area contributed by atoms with Crippen LogP contribution in [0.3, 0.4) is 0 Å². The summed E-state index contributed by atoms with van der Waals surface area (Å²) in [4.78, 5) is 38.6. The summed E-state index contributed by atoms with van der Waals surface area (Å²) in [5.41, 5.74) is 0.632. The zero-order valence-corrected chi connectivity index (χ0v) is 15.7. The van der Waals surface area contributed by atoms with Crippen molar-refractivity contribution in [2.45, 2.75) is 12.5 Å². The highest BCUT2D eigenvalue weighted by Gasteiger charge is 2.46. The summed E-state index contributed by atoms with van der Waals surface area (Å²) in [7, 11) is 0. The van der Waals surface area contributed by atoms with Gasteiger partial charge in [0.2, 0.25) is 11.9 Å². The number of carbonyl (C=O) groups is 2. The van der Waals surface area contributed by atoms with Crippen LogP contribution in [0, 0.1) is 0 Å². The van der Waals surface area contributed by atoms with Crippen molar-refractivity contribution in [3.8, 4) is 0 Å². The molecule has 0 unspecified atom stereocenters. The van der Waals surface area contributed by atoms with Crippen LogP contribution in [0.5, 0.6) is 0 Å². The van der Waals surface area contributed by atoms with Crippen molar-refractivity contribution in [3.63, 3.8) is 0 Å². The van der Waals surface area contributed by atoms with E-state index in [-0.39, 0.29) is 24.3 Å². The number of quaternary nitrogens is 1. The van der Waals surface area contributed by atoms with Crippen molar-refractivity contribution in [1.82, 2.24) is 9.97 Å². The molecule has 1 aromatic carbocycles. The Hall–Kier alpha value is -2.32. The molecule has 8 heteroatoms. The van der Waals surface area contributed by atoms with Gasteiger partial charge in [0.25, 0.3) is 5.91 Å². The minimum Gasteiger partial charge on any atom is -0.330 e. The largest absolute Gasteiger partial charge is 0.330 e. The van der Waals surface area contributed by atoms with Gasteiger partial charge in [-0.2, -0.15) is 0 Å². The first-order valence-electron chi connectivity index (χ1n) is 8.62. The summed E-state index contributed by atoms with van der Waals surface area (Å²) >= 11 is 3.40. The molecule has 2 aliphatic rings. The summed E-state index contributed by atoms with van der Waals surface area (Å²) in [5, 5.41) is 0. The molecule has 0 aliphatic carbocycles. The van der Waals surface area contributed by atoms with Crippen molar-refractivity contribution < 1.29 is 14.5 Å². The molecule has 0 radical (unpaired) electrons. The lowest BCUT2D eigenvalue weighted by Gasteiger charge is -2.34. The molecule has 7 nitrogen and oxygen atoms in total. The topological polar surface area (TPSA) is 70.8 Å². The molecule has 0 saturated carbocycles. The van der Waals surface area contributed by atoms with E-state index in [1.807, 2.05) is 12.1 Å². The van der Waals surface area contributed by atoms with E-state index < -0.39 is 0 Å². The first-order chi connectivity index (χ1) is 12.6. The predicted molar refractivity (Wildman–Crippen MR) is 100.0 cm³/mol. The van der Waals surface area contributed by atoms with E-state index in [0.29, 0.717) is 5.69 Å². The average molecular weight is 417 g/mol. The first kappa shape index (κ1) is 17.1. The Morgan fingerprint density at radius 1 is 1.08 bits per heavy atom. The molecular weight excluding hydrogens is 398 g/mol. The molecule has 2 fully saturated rings. The van der Waals surface area contributed by atoms with Gasteiger partial charge in [-0.05, 0) is 24.3 Å². The Morgan fingerprint density at radius 2 is 1.81 bits per heavy atom. The molecule has 2 aliphatic heterocycles. The van der Waals surface area contributed by atoms with E-state index in [1.165, 1.54) is 4.90 Å². The van der Waals surface area contributed by atoms with Crippen LogP contribution in [0.15, 0.2) is 47.2 Å². The maximum absolute atomic E-state index is 12.9. The number of halogens is 1. The van der Waals surface area contributed by atoms with Crippen LogP contribution in [0.1, 0.15) is 6.42 Å². The van der Waals surface area contributed by atoms with Crippen LogP contribution in [-0.4, -0.2) is 54.0 Å². The molecule has 1 N–H and O–H groups in total. The maximum Gasteiger partial charge on any atom is 0.292 e. The molecule has 2 saturated heterocycles. The third-order valence-corrected chi connectivity index (χ3v) is 5.44. The highest BCUT2D eigenvalue weighted by molar-refractivity contribution is 9.10. The second-order valence-corrected chi connectivity index (χ2v) is 7.41. The Bertz CT molecular complexity index is 823. The van der Waals surface area contributed by atoms with Crippen LogP contribution in [-0.2, 0) is 9.59 Å². The summed E-state index contributed by atoms with van der Waals surface area (Å²) in [6.45, 7) is 3.12. The Labute approximate surface area is 159 Å². The molecule has 0 spiro atoms. The highest BCUT2D eigenvalue weighted by Crippen LogP contribution is 2.25. The van der Waals surface area contributed by atoms with E-state index in [2.05, 4.69) is 30.8 Å². The number of rotatable bonds is 3. The number of aromatic nitrogens is 2. The third kappa shape index (κ3) is 3.22. The van der Waals surface area contributed by atoms with E-state index in [1.54, 1.807) is 30.6 Å². The first-order valence-corrected chi connectivity index (χ1v) is 9.42. The lowest BCUT2D eigenvalue weighted by molar-refractivity contribution is -0.915. The van der Waals surface area contributed by atoms with Crippen molar-refractivity contribution >= 4 is 39.4 Å². The maximum atomic E-state index is 12.9. The number of hydrogen-bond acceptors (Lipinski definition) is 5. The highest BCUT2D eigenvalue weighted by atomic mass is 79.9. The smallest absolute Gasteiger partial charge is 0.292 e. The summed E-state index contributed by atoms with van der Waals surface area (Å²) in [5.74, 6) is 0.489. The number of piperazine rings is 1. The third-order valence-electron chi connectivity index (χ3n) is 4.95. The second-order valence-electron chi connectivity index (χ2n) is 6.50. The number of nitrogens with zero attached hydrogens (tertiary/aromatic N) is 4. The molecule has 1 atom stereocenters. The Kier molecular flexibility index (Phi) is 4.69. The fourth-order valence-corrected chi connectivity index (χ4v) is 4.02. The number of amides is 2. The number of carbonyl (C=O) groups excluding carboxylic acids is 2. The standard InChI is InChI=1S/C18H18BrN5O2/c19-13-3-1-4-14(11-13)24-16(25)12-15(17(24)26)22-7-9-23(10-8-22)18-20-5-2-6-21-18/h1-6,11,15H,7-10,12H2/p+1/t15-/m0/s1. The molecule has 3 heterocycles. The Morgan fingerprint density at radius 3 is 2.50 bits per heavy atom. The summed E-state index contributed by atoms with van der Waals surface area (Å²) in [6, 6.07) is 8.80.